The van der Waals surface area contributed by atoms with E-state index < -0.39 is 6.10 Å². The zero-order valence-electron chi connectivity index (χ0n) is 17.7. The first-order chi connectivity index (χ1) is 14.2. The van der Waals surface area contributed by atoms with Gasteiger partial charge in [-0.15, -0.1) is 0 Å². The molecular formula is C22H30ClN2O5-. The van der Waals surface area contributed by atoms with Gasteiger partial charge in [-0.05, 0) is 24.3 Å². The number of methoxy groups -OCH3 is 3. The van der Waals surface area contributed by atoms with E-state index in [1.54, 1.807) is 33.5 Å². The second-order valence-corrected chi connectivity index (χ2v) is 6.92. The largest absolute Gasteiger partial charge is 1.00 e. The van der Waals surface area contributed by atoms with Crippen molar-refractivity contribution in [2.24, 2.45) is 0 Å². The fraction of sp³-hybridized carbons (Fsp3) is 0.455. The quantitative estimate of drug-likeness (QED) is 0.555. The van der Waals surface area contributed by atoms with E-state index in [2.05, 4.69) is 15.9 Å². The maximum absolute atomic E-state index is 10.5. The standard InChI is InChI=1S/C22H30N2O5.ClH/c1-26-19-8-5-4-7-18(19)24-13-11-23(12-14-24)15-17(25)16-29-22-20(27-2)9-6-10-21(22)28-3;/h4-10,17,25H,11-16H2,1-3H3;1H/p-1. The smallest absolute Gasteiger partial charge is 0.203 e. The van der Waals surface area contributed by atoms with Crippen LogP contribution in [0.3, 0.4) is 0 Å². The minimum atomic E-state index is -0.609. The van der Waals surface area contributed by atoms with Crippen molar-refractivity contribution in [2.75, 3.05) is 65.6 Å². The van der Waals surface area contributed by atoms with Gasteiger partial charge in [-0.25, -0.2) is 0 Å². The highest BCUT2D eigenvalue weighted by molar-refractivity contribution is 5.58. The van der Waals surface area contributed by atoms with Crippen LogP contribution >= 0.6 is 0 Å². The molecule has 0 spiro atoms. The monoisotopic (exact) mass is 437 g/mol. The Bertz CT molecular complexity index is 762. The second-order valence-electron chi connectivity index (χ2n) is 6.92. The number of halogens is 1. The molecule has 1 N–H and O–H groups in total. The van der Waals surface area contributed by atoms with Gasteiger partial charge in [-0.2, -0.15) is 0 Å². The lowest BCUT2D eigenvalue weighted by atomic mass is 10.2. The molecule has 0 saturated carbocycles. The summed E-state index contributed by atoms with van der Waals surface area (Å²) in [7, 11) is 4.86. The number of nitrogens with zero attached hydrogens (tertiary/aromatic N) is 2. The van der Waals surface area contributed by atoms with E-state index in [9.17, 15) is 5.11 Å². The first kappa shape index (κ1) is 23.9. The van der Waals surface area contributed by atoms with E-state index in [0.717, 1.165) is 37.6 Å². The zero-order valence-corrected chi connectivity index (χ0v) is 18.5. The van der Waals surface area contributed by atoms with Crippen LogP contribution in [0.1, 0.15) is 0 Å². The Kier molecular flexibility index (Phi) is 9.36. The Morgan fingerprint density at radius 1 is 0.833 bits per heavy atom. The van der Waals surface area contributed by atoms with Crippen molar-refractivity contribution in [1.29, 1.82) is 0 Å². The fourth-order valence-electron chi connectivity index (χ4n) is 3.55. The Morgan fingerprint density at radius 2 is 1.40 bits per heavy atom. The third-order valence-electron chi connectivity index (χ3n) is 5.07. The molecule has 1 fully saturated rings. The molecule has 1 unspecified atom stereocenters. The van der Waals surface area contributed by atoms with Gasteiger partial charge in [0.05, 0.1) is 27.0 Å². The Hall–Kier alpha value is -2.35. The van der Waals surface area contributed by atoms with Crippen LogP contribution < -0.4 is 36.3 Å². The van der Waals surface area contributed by atoms with Gasteiger partial charge in [-0.3, -0.25) is 4.90 Å². The first-order valence-corrected chi connectivity index (χ1v) is 9.78. The summed E-state index contributed by atoms with van der Waals surface area (Å²) in [6.07, 6.45) is -0.609. The number of para-hydroxylation sites is 3. The predicted molar refractivity (Wildman–Crippen MR) is 113 cm³/mol. The van der Waals surface area contributed by atoms with Gasteiger partial charge in [0.2, 0.25) is 5.75 Å². The molecule has 1 atom stereocenters. The lowest BCUT2D eigenvalue weighted by molar-refractivity contribution is -0.00000923. The summed E-state index contributed by atoms with van der Waals surface area (Å²) >= 11 is 0. The van der Waals surface area contributed by atoms with Crippen LogP contribution in [0.5, 0.6) is 23.0 Å². The summed E-state index contributed by atoms with van der Waals surface area (Å²) in [6.45, 7) is 4.23. The highest BCUT2D eigenvalue weighted by Gasteiger charge is 2.22. The van der Waals surface area contributed by atoms with E-state index in [1.165, 1.54) is 0 Å². The van der Waals surface area contributed by atoms with E-state index in [-0.39, 0.29) is 19.0 Å². The Balaban J connectivity index is 0.00000320. The Labute approximate surface area is 184 Å². The van der Waals surface area contributed by atoms with Gasteiger partial charge < -0.3 is 41.4 Å². The van der Waals surface area contributed by atoms with Crippen molar-refractivity contribution >= 4 is 5.69 Å². The summed E-state index contributed by atoms with van der Waals surface area (Å²) in [5, 5.41) is 10.5. The molecule has 3 rings (SSSR count). The zero-order chi connectivity index (χ0) is 20.6. The number of aliphatic hydroxyl groups is 1. The molecule has 0 aromatic heterocycles. The number of hydrogen-bond acceptors (Lipinski definition) is 7. The summed E-state index contributed by atoms with van der Waals surface area (Å²) in [6, 6.07) is 13.5. The van der Waals surface area contributed by atoms with Crippen molar-refractivity contribution in [3.63, 3.8) is 0 Å². The molecule has 1 saturated heterocycles. The Morgan fingerprint density at radius 3 is 2.00 bits per heavy atom. The summed E-state index contributed by atoms with van der Waals surface area (Å²) in [5.74, 6) is 2.57. The molecule has 2 aromatic rings. The SMILES string of the molecule is COc1ccccc1N1CCN(CC(O)COc2c(OC)cccc2OC)CC1.[Cl-]. The lowest BCUT2D eigenvalue weighted by Gasteiger charge is -2.37. The van der Waals surface area contributed by atoms with Crippen LogP contribution in [-0.4, -0.2) is 76.8 Å². The lowest BCUT2D eigenvalue weighted by Crippen LogP contribution is -3.00. The molecule has 0 amide bonds. The molecule has 8 heteroatoms. The summed E-state index contributed by atoms with van der Waals surface area (Å²) < 4.78 is 21.9. The maximum atomic E-state index is 10.5. The second kappa shape index (κ2) is 11.7. The molecule has 0 aliphatic carbocycles. The van der Waals surface area contributed by atoms with Gasteiger partial charge in [0, 0.05) is 32.7 Å². The molecule has 0 bridgehead atoms. The van der Waals surface area contributed by atoms with Crippen molar-refractivity contribution in [1.82, 2.24) is 4.90 Å². The van der Waals surface area contributed by atoms with Crippen molar-refractivity contribution < 1.29 is 36.5 Å². The number of rotatable bonds is 9. The van der Waals surface area contributed by atoms with Crippen LogP contribution in [0.25, 0.3) is 0 Å². The van der Waals surface area contributed by atoms with E-state index in [1.807, 2.05) is 24.3 Å². The molecular weight excluding hydrogens is 408 g/mol. The highest BCUT2D eigenvalue weighted by atomic mass is 35.5. The molecule has 7 nitrogen and oxygen atoms in total. The molecule has 1 heterocycles. The molecule has 166 valence electrons. The molecule has 0 radical (unpaired) electrons. The third-order valence-corrected chi connectivity index (χ3v) is 5.07. The molecule has 1 aliphatic heterocycles. The van der Waals surface area contributed by atoms with E-state index >= 15 is 0 Å². The van der Waals surface area contributed by atoms with Crippen molar-refractivity contribution in [3.8, 4) is 23.0 Å². The van der Waals surface area contributed by atoms with Crippen LogP contribution in [0.2, 0.25) is 0 Å². The average Bonchev–Trinajstić information content (AvgIpc) is 2.77. The minimum Gasteiger partial charge on any atom is -1.00 e. The van der Waals surface area contributed by atoms with Crippen molar-refractivity contribution in [2.45, 2.75) is 6.10 Å². The molecule has 30 heavy (non-hydrogen) atoms. The van der Waals surface area contributed by atoms with Crippen LogP contribution in [0.4, 0.5) is 5.69 Å². The highest BCUT2D eigenvalue weighted by Crippen LogP contribution is 2.36. The maximum Gasteiger partial charge on any atom is 0.203 e. The van der Waals surface area contributed by atoms with Crippen LogP contribution in [0.15, 0.2) is 42.5 Å². The minimum absolute atomic E-state index is 0. The summed E-state index contributed by atoms with van der Waals surface area (Å²) in [5.41, 5.74) is 1.11. The van der Waals surface area contributed by atoms with Gasteiger partial charge in [0.1, 0.15) is 18.5 Å². The number of hydrogen-bond donors (Lipinski definition) is 1. The first-order valence-electron chi connectivity index (χ1n) is 9.78. The van der Waals surface area contributed by atoms with E-state index in [0.29, 0.717) is 23.8 Å². The number of anilines is 1. The van der Waals surface area contributed by atoms with Gasteiger partial charge in [0.25, 0.3) is 0 Å². The fourth-order valence-corrected chi connectivity index (χ4v) is 3.55. The van der Waals surface area contributed by atoms with Crippen LogP contribution in [-0.2, 0) is 0 Å². The van der Waals surface area contributed by atoms with Gasteiger partial charge >= 0.3 is 0 Å². The predicted octanol–water partition coefficient (Wildman–Crippen LogP) is -0.722. The molecule has 1 aliphatic rings. The third kappa shape index (κ3) is 5.84. The van der Waals surface area contributed by atoms with Crippen LogP contribution in [0, 0.1) is 0 Å². The number of β-amino-alcohol motifs (C(OH)–C–C–N with tert-alkyl or cyclic N) is 1. The number of benzene rings is 2. The van der Waals surface area contributed by atoms with Crippen molar-refractivity contribution in [3.05, 3.63) is 42.5 Å². The average molecular weight is 438 g/mol. The van der Waals surface area contributed by atoms with E-state index in [4.69, 9.17) is 18.9 Å². The molecule has 2 aromatic carbocycles. The normalized spacial score (nSPS) is 15.1. The van der Waals surface area contributed by atoms with Gasteiger partial charge in [0.15, 0.2) is 11.5 Å². The number of piperazine rings is 1. The topological polar surface area (TPSA) is 63.6 Å². The number of ether oxygens (including phenoxy) is 4. The number of aliphatic hydroxyl groups excluding tert-OH is 1. The van der Waals surface area contributed by atoms with Gasteiger partial charge in [-0.1, -0.05) is 18.2 Å². The summed E-state index contributed by atoms with van der Waals surface area (Å²) in [4.78, 5) is 4.57.